The number of nitriles is 1. The molecule has 0 N–H and O–H groups in total. The summed E-state index contributed by atoms with van der Waals surface area (Å²) in [6.07, 6.45) is 1.34. The van der Waals surface area contributed by atoms with E-state index in [4.69, 9.17) is 10.2 Å². The van der Waals surface area contributed by atoms with Crippen molar-refractivity contribution in [3.63, 3.8) is 0 Å². The Balaban J connectivity index is 2.09. The Hall–Kier alpha value is -2.60. The second kappa shape index (κ2) is 5.18. The van der Waals surface area contributed by atoms with Crippen LogP contribution in [0.1, 0.15) is 12.0 Å². The van der Waals surface area contributed by atoms with Gasteiger partial charge in [-0.05, 0) is 24.1 Å². The number of hydrogen-bond donors (Lipinski definition) is 0. The molecule has 0 amide bonds. The Kier molecular flexibility index (Phi) is 3.22. The number of imidazole rings is 1. The van der Waals surface area contributed by atoms with Crippen molar-refractivity contribution in [1.82, 2.24) is 9.55 Å². The monoisotopic (exact) mass is 261 g/mol. The van der Waals surface area contributed by atoms with Crippen molar-refractivity contribution in [2.75, 3.05) is 0 Å². The fraction of sp³-hybridized carbons (Fsp3) is 0.176. The Morgan fingerprint density at radius 3 is 2.70 bits per heavy atom. The quantitative estimate of drug-likeness (QED) is 0.721. The van der Waals surface area contributed by atoms with Gasteiger partial charge in [-0.2, -0.15) is 5.26 Å². The van der Waals surface area contributed by atoms with Gasteiger partial charge in [0.2, 0.25) is 0 Å². The van der Waals surface area contributed by atoms with E-state index >= 15 is 0 Å². The minimum atomic E-state index is 0.550. The van der Waals surface area contributed by atoms with Gasteiger partial charge >= 0.3 is 0 Å². The second-order valence-corrected chi connectivity index (χ2v) is 4.84. The maximum atomic E-state index is 8.68. The molecular weight excluding hydrogens is 246 g/mol. The highest BCUT2D eigenvalue weighted by molar-refractivity contribution is 5.81. The molecule has 1 aromatic heterocycles. The van der Waals surface area contributed by atoms with Gasteiger partial charge in [0.15, 0.2) is 0 Å². The predicted octanol–water partition coefficient (Wildman–Crippen LogP) is 3.70. The molecule has 0 atom stereocenters. The number of benzene rings is 2. The summed E-state index contributed by atoms with van der Waals surface area (Å²) in [6.45, 7) is 0. The van der Waals surface area contributed by atoms with E-state index in [0.29, 0.717) is 6.42 Å². The molecule has 3 aromatic rings. The summed E-state index contributed by atoms with van der Waals surface area (Å²) in [6, 6.07) is 18.6. The Labute approximate surface area is 118 Å². The molecule has 3 nitrogen and oxygen atoms in total. The molecule has 98 valence electrons. The van der Waals surface area contributed by atoms with Crippen LogP contribution in [0.3, 0.4) is 0 Å². The summed E-state index contributed by atoms with van der Waals surface area (Å²) in [7, 11) is 2.03. The second-order valence-electron chi connectivity index (χ2n) is 4.84. The predicted molar refractivity (Wildman–Crippen MR) is 80.1 cm³/mol. The smallest absolute Gasteiger partial charge is 0.140 e. The Bertz CT molecular complexity index is 779. The first kappa shape index (κ1) is 12.4. The van der Waals surface area contributed by atoms with Crippen LogP contribution >= 0.6 is 0 Å². The third kappa shape index (κ3) is 2.17. The largest absolute Gasteiger partial charge is 0.327 e. The molecular formula is C17H15N3. The Morgan fingerprint density at radius 1 is 1.15 bits per heavy atom. The highest BCUT2D eigenvalue weighted by Gasteiger charge is 2.09. The van der Waals surface area contributed by atoms with Gasteiger partial charge in [0.05, 0.1) is 17.1 Å². The van der Waals surface area contributed by atoms with Crippen LogP contribution in [0.2, 0.25) is 0 Å². The summed E-state index contributed by atoms with van der Waals surface area (Å²) >= 11 is 0. The lowest BCUT2D eigenvalue weighted by Gasteiger charge is -2.03. The fourth-order valence-corrected chi connectivity index (χ4v) is 2.44. The van der Waals surface area contributed by atoms with Crippen LogP contribution in [0, 0.1) is 11.3 Å². The van der Waals surface area contributed by atoms with E-state index in [1.165, 1.54) is 5.56 Å². The molecule has 0 aliphatic rings. The zero-order chi connectivity index (χ0) is 13.9. The topological polar surface area (TPSA) is 41.6 Å². The lowest BCUT2D eigenvalue weighted by Crippen LogP contribution is -1.92. The van der Waals surface area contributed by atoms with Gasteiger partial charge in [0.25, 0.3) is 0 Å². The molecule has 1 heterocycles. The first-order valence-electron chi connectivity index (χ1n) is 6.67. The van der Waals surface area contributed by atoms with Crippen molar-refractivity contribution >= 4 is 11.0 Å². The van der Waals surface area contributed by atoms with Crippen LogP contribution in [0.5, 0.6) is 0 Å². The number of fused-ring (bicyclic) bond motifs is 1. The lowest BCUT2D eigenvalue weighted by molar-refractivity contribution is 0.954. The summed E-state index contributed by atoms with van der Waals surface area (Å²) in [4.78, 5) is 4.70. The minimum Gasteiger partial charge on any atom is -0.327 e. The SMILES string of the molecule is Cn1c(-c2ccccc2)nc2ccc(CCC#N)cc21. The van der Waals surface area contributed by atoms with Gasteiger partial charge in [-0.1, -0.05) is 36.4 Å². The fourth-order valence-electron chi connectivity index (χ4n) is 2.44. The van der Waals surface area contributed by atoms with Gasteiger partial charge in [-0.25, -0.2) is 4.98 Å². The molecule has 2 aromatic carbocycles. The lowest BCUT2D eigenvalue weighted by atomic mass is 10.1. The third-order valence-corrected chi connectivity index (χ3v) is 3.50. The molecule has 0 bridgehead atoms. The molecule has 0 aliphatic carbocycles. The van der Waals surface area contributed by atoms with E-state index in [2.05, 4.69) is 34.9 Å². The van der Waals surface area contributed by atoms with E-state index in [-0.39, 0.29) is 0 Å². The van der Waals surface area contributed by atoms with Crippen LogP contribution in [0.15, 0.2) is 48.5 Å². The first-order chi connectivity index (χ1) is 9.79. The zero-order valence-corrected chi connectivity index (χ0v) is 11.4. The normalized spacial score (nSPS) is 10.6. The molecule has 3 rings (SSSR count). The van der Waals surface area contributed by atoms with E-state index in [1.54, 1.807) is 0 Å². The molecule has 0 saturated carbocycles. The van der Waals surface area contributed by atoms with Gasteiger partial charge in [0.1, 0.15) is 5.82 Å². The number of aromatic nitrogens is 2. The van der Waals surface area contributed by atoms with Crippen LogP contribution in [-0.2, 0) is 13.5 Å². The molecule has 0 saturated heterocycles. The van der Waals surface area contributed by atoms with Crippen LogP contribution < -0.4 is 0 Å². The number of nitrogens with zero attached hydrogens (tertiary/aromatic N) is 3. The number of aryl methyl sites for hydroxylation is 2. The Morgan fingerprint density at radius 2 is 1.95 bits per heavy atom. The van der Waals surface area contributed by atoms with E-state index in [0.717, 1.165) is 28.8 Å². The molecule has 0 radical (unpaired) electrons. The third-order valence-electron chi connectivity index (χ3n) is 3.50. The molecule has 3 heteroatoms. The highest BCUT2D eigenvalue weighted by atomic mass is 15.1. The maximum Gasteiger partial charge on any atom is 0.140 e. The van der Waals surface area contributed by atoms with Gasteiger partial charge in [-0.15, -0.1) is 0 Å². The van der Waals surface area contributed by atoms with Crippen LogP contribution in [0.25, 0.3) is 22.4 Å². The average Bonchev–Trinajstić information content (AvgIpc) is 2.83. The van der Waals surface area contributed by atoms with E-state index in [1.807, 2.05) is 31.3 Å². The first-order valence-corrected chi connectivity index (χ1v) is 6.67. The van der Waals surface area contributed by atoms with Crippen LogP contribution in [-0.4, -0.2) is 9.55 Å². The van der Waals surface area contributed by atoms with Crippen molar-refractivity contribution < 1.29 is 0 Å². The van der Waals surface area contributed by atoms with Gasteiger partial charge in [0, 0.05) is 19.0 Å². The highest BCUT2D eigenvalue weighted by Crippen LogP contribution is 2.24. The van der Waals surface area contributed by atoms with Crippen molar-refractivity contribution in [1.29, 1.82) is 5.26 Å². The molecule has 0 unspecified atom stereocenters. The van der Waals surface area contributed by atoms with Crippen molar-refractivity contribution in [3.05, 3.63) is 54.1 Å². The minimum absolute atomic E-state index is 0.550. The number of hydrogen-bond acceptors (Lipinski definition) is 2. The average molecular weight is 261 g/mol. The van der Waals surface area contributed by atoms with E-state index in [9.17, 15) is 0 Å². The van der Waals surface area contributed by atoms with Crippen LogP contribution in [0.4, 0.5) is 0 Å². The maximum absolute atomic E-state index is 8.68. The van der Waals surface area contributed by atoms with Crippen molar-refractivity contribution in [2.45, 2.75) is 12.8 Å². The molecule has 0 fully saturated rings. The summed E-state index contributed by atoms with van der Waals surface area (Å²) in [5, 5.41) is 8.68. The summed E-state index contributed by atoms with van der Waals surface area (Å²) in [5.74, 6) is 0.970. The van der Waals surface area contributed by atoms with Gasteiger partial charge < -0.3 is 4.57 Å². The zero-order valence-electron chi connectivity index (χ0n) is 11.4. The van der Waals surface area contributed by atoms with Crippen molar-refractivity contribution in [3.8, 4) is 17.5 Å². The van der Waals surface area contributed by atoms with E-state index < -0.39 is 0 Å². The standard InChI is InChI=1S/C17H15N3/c1-20-16-12-13(6-5-11-18)9-10-15(16)19-17(20)14-7-3-2-4-8-14/h2-4,7-10,12H,5-6H2,1H3. The number of rotatable bonds is 3. The summed E-state index contributed by atoms with van der Waals surface area (Å²) < 4.78 is 2.11. The van der Waals surface area contributed by atoms with Gasteiger partial charge in [-0.3, -0.25) is 0 Å². The molecule has 0 aliphatic heterocycles. The summed E-state index contributed by atoms with van der Waals surface area (Å²) in [5.41, 5.74) is 4.40. The molecule has 0 spiro atoms. The van der Waals surface area contributed by atoms with Crippen molar-refractivity contribution in [2.24, 2.45) is 7.05 Å². The molecule has 20 heavy (non-hydrogen) atoms.